The molecule has 0 spiro atoms. The molecular weight excluding hydrogens is 190 g/mol. The van der Waals surface area contributed by atoms with E-state index in [1.54, 1.807) is 0 Å². The van der Waals surface area contributed by atoms with Crippen LogP contribution in [0.3, 0.4) is 0 Å². The van der Waals surface area contributed by atoms with Crippen molar-refractivity contribution in [3.8, 4) is 0 Å². The maximum Gasteiger partial charge on any atom is 0.317 e. The minimum atomic E-state index is 0.0977. The second-order valence-corrected chi connectivity index (χ2v) is 4.83. The lowest BCUT2D eigenvalue weighted by atomic mass is 9.79. The summed E-state index contributed by atoms with van der Waals surface area (Å²) in [6, 6.07) is 0.459. The van der Waals surface area contributed by atoms with Crippen LogP contribution in [0, 0.1) is 11.8 Å². The number of hydrogen-bond donors (Lipinski definition) is 2. The molecule has 0 aromatic carbocycles. The highest BCUT2D eigenvalue weighted by molar-refractivity contribution is 5.74. The Balaban J connectivity index is 1.90. The van der Waals surface area contributed by atoms with Gasteiger partial charge >= 0.3 is 6.03 Å². The van der Waals surface area contributed by atoms with Crippen LogP contribution < -0.4 is 11.1 Å². The Morgan fingerprint density at radius 3 is 2.87 bits per heavy atom. The number of hydrogen-bond acceptors (Lipinski definition) is 2. The number of fused-ring (bicyclic) bond motifs is 1. The molecule has 4 nitrogen and oxygen atoms in total. The standard InChI is InChI=1S/C11H21N3O/c1-2-13-11(15)14-6-8-3-4-10(12)5-9(8)7-14/h8-10H,2-7,12H2,1H3,(H,13,15)/t8-,9+,10?/m1/s1. The molecular formula is C11H21N3O. The van der Waals surface area contributed by atoms with E-state index in [4.69, 9.17) is 5.73 Å². The van der Waals surface area contributed by atoms with Crippen molar-refractivity contribution in [3.63, 3.8) is 0 Å². The fourth-order valence-electron chi connectivity index (χ4n) is 2.90. The maximum absolute atomic E-state index is 11.7. The van der Waals surface area contributed by atoms with Gasteiger partial charge in [0.25, 0.3) is 0 Å². The average molecular weight is 211 g/mol. The van der Waals surface area contributed by atoms with E-state index >= 15 is 0 Å². The van der Waals surface area contributed by atoms with Crippen molar-refractivity contribution < 1.29 is 4.79 Å². The Hall–Kier alpha value is -0.770. The molecule has 0 radical (unpaired) electrons. The maximum atomic E-state index is 11.7. The minimum absolute atomic E-state index is 0.0977. The van der Waals surface area contributed by atoms with Gasteiger partial charge in [-0.1, -0.05) is 0 Å². The van der Waals surface area contributed by atoms with E-state index in [1.165, 1.54) is 6.42 Å². The van der Waals surface area contributed by atoms with Gasteiger partial charge in [-0.15, -0.1) is 0 Å². The molecule has 0 aromatic heterocycles. The van der Waals surface area contributed by atoms with E-state index in [-0.39, 0.29) is 6.03 Å². The van der Waals surface area contributed by atoms with Gasteiger partial charge in [0.15, 0.2) is 0 Å². The van der Waals surface area contributed by atoms with Gasteiger partial charge in [0.05, 0.1) is 0 Å². The van der Waals surface area contributed by atoms with E-state index in [1.807, 2.05) is 11.8 Å². The van der Waals surface area contributed by atoms with Gasteiger partial charge in [-0.05, 0) is 38.0 Å². The molecule has 0 bridgehead atoms. The van der Waals surface area contributed by atoms with Gasteiger partial charge in [-0.2, -0.15) is 0 Å². The Labute approximate surface area is 91.2 Å². The van der Waals surface area contributed by atoms with Gasteiger partial charge in [-0.3, -0.25) is 0 Å². The molecule has 0 aromatic rings. The average Bonchev–Trinajstić information content (AvgIpc) is 2.60. The first-order valence-electron chi connectivity index (χ1n) is 5.99. The van der Waals surface area contributed by atoms with E-state index in [2.05, 4.69) is 5.32 Å². The zero-order valence-corrected chi connectivity index (χ0v) is 9.41. The first-order chi connectivity index (χ1) is 7.20. The summed E-state index contributed by atoms with van der Waals surface area (Å²) in [6.45, 7) is 4.51. The molecule has 3 N–H and O–H groups in total. The number of nitrogens with two attached hydrogens (primary N) is 1. The summed E-state index contributed by atoms with van der Waals surface area (Å²) >= 11 is 0. The lowest BCUT2D eigenvalue weighted by Gasteiger charge is -2.27. The predicted molar refractivity (Wildman–Crippen MR) is 59.5 cm³/mol. The van der Waals surface area contributed by atoms with Crippen molar-refractivity contribution >= 4 is 6.03 Å². The summed E-state index contributed by atoms with van der Waals surface area (Å²) in [6.07, 6.45) is 3.42. The Morgan fingerprint density at radius 1 is 1.40 bits per heavy atom. The molecule has 2 fully saturated rings. The highest BCUT2D eigenvalue weighted by Gasteiger charge is 2.38. The molecule has 86 valence electrons. The molecule has 1 heterocycles. The van der Waals surface area contributed by atoms with Gasteiger partial charge < -0.3 is 16.0 Å². The van der Waals surface area contributed by atoms with Crippen LogP contribution in [0.2, 0.25) is 0 Å². The van der Waals surface area contributed by atoms with Crippen LogP contribution in [0.5, 0.6) is 0 Å². The third-order valence-corrected chi connectivity index (χ3v) is 3.71. The Kier molecular flexibility index (Phi) is 3.14. The molecule has 1 saturated carbocycles. The fourth-order valence-corrected chi connectivity index (χ4v) is 2.90. The topological polar surface area (TPSA) is 58.4 Å². The van der Waals surface area contributed by atoms with Crippen molar-refractivity contribution in [2.45, 2.75) is 32.2 Å². The van der Waals surface area contributed by atoms with Crippen molar-refractivity contribution in [1.29, 1.82) is 0 Å². The first kappa shape index (κ1) is 10.7. The summed E-state index contributed by atoms with van der Waals surface area (Å²) in [5, 5.41) is 2.86. The first-order valence-corrected chi connectivity index (χ1v) is 5.99. The molecule has 4 heteroatoms. The Morgan fingerprint density at radius 2 is 2.13 bits per heavy atom. The third-order valence-electron chi connectivity index (χ3n) is 3.71. The number of likely N-dealkylation sites (tertiary alicyclic amines) is 1. The van der Waals surface area contributed by atoms with E-state index in [9.17, 15) is 4.79 Å². The molecule has 1 unspecified atom stereocenters. The second kappa shape index (κ2) is 4.39. The highest BCUT2D eigenvalue weighted by atomic mass is 16.2. The Bertz CT molecular complexity index is 244. The van der Waals surface area contributed by atoms with Crippen molar-refractivity contribution in [1.82, 2.24) is 10.2 Å². The number of rotatable bonds is 1. The van der Waals surface area contributed by atoms with Crippen LogP contribution >= 0.6 is 0 Å². The highest BCUT2D eigenvalue weighted by Crippen LogP contribution is 2.35. The second-order valence-electron chi connectivity index (χ2n) is 4.83. The quantitative estimate of drug-likeness (QED) is 0.673. The summed E-state index contributed by atoms with van der Waals surface area (Å²) in [5.41, 5.74) is 5.95. The van der Waals surface area contributed by atoms with Gasteiger partial charge in [-0.25, -0.2) is 4.79 Å². The number of carbonyl (C=O) groups is 1. The number of amides is 2. The van der Waals surface area contributed by atoms with Crippen LogP contribution in [0.1, 0.15) is 26.2 Å². The normalized spacial score (nSPS) is 35.1. The smallest absolute Gasteiger partial charge is 0.317 e. The molecule has 2 amide bonds. The van der Waals surface area contributed by atoms with Gasteiger partial charge in [0, 0.05) is 25.7 Å². The van der Waals surface area contributed by atoms with E-state index in [0.29, 0.717) is 24.4 Å². The lowest BCUT2D eigenvalue weighted by molar-refractivity contribution is 0.207. The zero-order valence-electron chi connectivity index (χ0n) is 9.41. The molecule has 2 rings (SSSR count). The largest absolute Gasteiger partial charge is 0.338 e. The van der Waals surface area contributed by atoms with Crippen molar-refractivity contribution in [2.24, 2.45) is 17.6 Å². The number of nitrogens with one attached hydrogen (secondary N) is 1. The molecule has 1 aliphatic heterocycles. The predicted octanol–water partition coefficient (Wildman–Crippen LogP) is 0.775. The van der Waals surface area contributed by atoms with Crippen LogP contribution in [-0.4, -0.2) is 36.6 Å². The minimum Gasteiger partial charge on any atom is -0.338 e. The van der Waals surface area contributed by atoms with Crippen LogP contribution in [0.4, 0.5) is 4.79 Å². The van der Waals surface area contributed by atoms with Crippen molar-refractivity contribution in [2.75, 3.05) is 19.6 Å². The molecule has 1 aliphatic carbocycles. The fraction of sp³-hybridized carbons (Fsp3) is 0.909. The monoisotopic (exact) mass is 211 g/mol. The molecule has 1 saturated heterocycles. The van der Waals surface area contributed by atoms with Crippen LogP contribution in [0.25, 0.3) is 0 Å². The van der Waals surface area contributed by atoms with Gasteiger partial charge in [0.1, 0.15) is 0 Å². The molecule has 3 atom stereocenters. The van der Waals surface area contributed by atoms with Gasteiger partial charge in [0.2, 0.25) is 0 Å². The zero-order chi connectivity index (χ0) is 10.8. The van der Waals surface area contributed by atoms with E-state index < -0.39 is 0 Å². The lowest BCUT2D eigenvalue weighted by Crippen LogP contribution is -2.38. The summed E-state index contributed by atoms with van der Waals surface area (Å²) < 4.78 is 0. The third kappa shape index (κ3) is 2.25. The number of carbonyl (C=O) groups excluding carboxylic acids is 1. The number of nitrogens with zero attached hydrogens (tertiary/aromatic N) is 1. The number of urea groups is 1. The summed E-state index contributed by atoms with van der Waals surface area (Å²) in [7, 11) is 0. The summed E-state index contributed by atoms with van der Waals surface area (Å²) in [4.78, 5) is 13.6. The molecule has 15 heavy (non-hydrogen) atoms. The van der Waals surface area contributed by atoms with Crippen molar-refractivity contribution in [3.05, 3.63) is 0 Å². The molecule has 2 aliphatic rings. The van der Waals surface area contributed by atoms with Crippen LogP contribution in [0.15, 0.2) is 0 Å². The SMILES string of the molecule is CCNC(=O)N1C[C@H]2CCC(N)C[C@H]2C1. The van der Waals surface area contributed by atoms with Crippen LogP contribution in [-0.2, 0) is 0 Å². The van der Waals surface area contributed by atoms with E-state index in [0.717, 1.165) is 25.9 Å². The summed E-state index contributed by atoms with van der Waals surface area (Å²) in [5.74, 6) is 1.35.